The van der Waals surface area contributed by atoms with Gasteiger partial charge in [-0.15, -0.1) is 0 Å². The van der Waals surface area contributed by atoms with Crippen LogP contribution in [0.15, 0.2) is 54.6 Å². The van der Waals surface area contributed by atoms with Gasteiger partial charge in [0.15, 0.2) is 0 Å². The molecular weight excluding hydrogens is 316 g/mol. The molecule has 5 nitrogen and oxygen atoms in total. The number of ether oxygens (including phenoxy) is 1. The number of methoxy groups -OCH3 is 1. The molecule has 2 unspecified atom stereocenters. The van der Waals surface area contributed by atoms with E-state index in [1.54, 1.807) is 7.11 Å². The largest absolute Gasteiger partial charge is 0.496 e. The van der Waals surface area contributed by atoms with Crippen molar-refractivity contribution in [3.8, 4) is 5.75 Å². The molecule has 134 valence electrons. The van der Waals surface area contributed by atoms with Gasteiger partial charge < -0.3 is 20.5 Å². The molecule has 0 fully saturated rings. The van der Waals surface area contributed by atoms with Crippen LogP contribution in [0.3, 0.4) is 0 Å². The van der Waals surface area contributed by atoms with Gasteiger partial charge in [0.1, 0.15) is 5.75 Å². The predicted octanol–water partition coefficient (Wildman–Crippen LogP) is 2.70. The van der Waals surface area contributed by atoms with E-state index in [9.17, 15) is 9.90 Å². The lowest BCUT2D eigenvalue weighted by atomic mass is 10.0. The Balaban J connectivity index is 1.73. The molecule has 0 spiro atoms. The third-order valence-electron chi connectivity index (χ3n) is 4.05. The Hall–Kier alpha value is -2.53. The van der Waals surface area contributed by atoms with E-state index in [0.717, 1.165) is 16.9 Å². The highest BCUT2D eigenvalue weighted by atomic mass is 16.5. The number of urea groups is 1. The second-order valence-corrected chi connectivity index (χ2v) is 6.08. The highest BCUT2D eigenvalue weighted by molar-refractivity contribution is 5.73. The Bertz CT molecular complexity index is 661. The predicted molar refractivity (Wildman–Crippen MR) is 99.0 cm³/mol. The number of hydrogen-bond donors (Lipinski definition) is 3. The zero-order chi connectivity index (χ0) is 18.1. The van der Waals surface area contributed by atoms with Crippen LogP contribution >= 0.6 is 0 Å². The maximum Gasteiger partial charge on any atom is 0.314 e. The highest BCUT2D eigenvalue weighted by Gasteiger charge is 2.13. The normalized spacial score (nSPS) is 12.9. The molecule has 0 bridgehead atoms. The summed E-state index contributed by atoms with van der Waals surface area (Å²) in [5.41, 5.74) is 2.09. The van der Waals surface area contributed by atoms with Crippen molar-refractivity contribution in [1.82, 2.24) is 10.6 Å². The summed E-state index contributed by atoms with van der Waals surface area (Å²) >= 11 is 0. The van der Waals surface area contributed by atoms with Crippen molar-refractivity contribution in [3.63, 3.8) is 0 Å². The Morgan fingerprint density at radius 2 is 1.68 bits per heavy atom. The van der Waals surface area contributed by atoms with Crippen LogP contribution < -0.4 is 15.4 Å². The van der Waals surface area contributed by atoms with Crippen LogP contribution in [0.4, 0.5) is 4.79 Å². The molecule has 0 aromatic heterocycles. The van der Waals surface area contributed by atoms with Gasteiger partial charge >= 0.3 is 6.03 Å². The number of nitrogens with one attached hydrogen (secondary N) is 2. The zero-order valence-electron chi connectivity index (χ0n) is 14.7. The molecule has 0 radical (unpaired) electrons. The first kappa shape index (κ1) is 18.8. The van der Waals surface area contributed by atoms with Crippen LogP contribution in [-0.2, 0) is 6.42 Å². The lowest BCUT2D eigenvalue weighted by Gasteiger charge is -2.17. The first-order valence-corrected chi connectivity index (χ1v) is 8.46. The molecule has 2 rings (SSSR count). The minimum absolute atomic E-state index is 0.121. The molecule has 3 N–H and O–H groups in total. The van der Waals surface area contributed by atoms with E-state index >= 15 is 0 Å². The van der Waals surface area contributed by atoms with Crippen LogP contribution in [0.2, 0.25) is 0 Å². The van der Waals surface area contributed by atoms with Gasteiger partial charge in [0.05, 0.1) is 13.2 Å². The summed E-state index contributed by atoms with van der Waals surface area (Å²) in [6, 6.07) is 17.2. The van der Waals surface area contributed by atoms with E-state index in [-0.39, 0.29) is 18.5 Å². The number of hydrogen-bond acceptors (Lipinski definition) is 3. The van der Waals surface area contributed by atoms with E-state index in [1.165, 1.54) is 0 Å². The smallest absolute Gasteiger partial charge is 0.314 e. The number of aliphatic hydroxyl groups excluding tert-OH is 1. The fraction of sp³-hybridized carbons (Fsp3) is 0.350. The average molecular weight is 342 g/mol. The summed E-state index contributed by atoms with van der Waals surface area (Å²) in [6.07, 6.45) is -0.0987. The Labute approximate surface area is 149 Å². The van der Waals surface area contributed by atoms with Crippen LogP contribution in [0.5, 0.6) is 5.75 Å². The molecule has 0 saturated carbocycles. The Morgan fingerprint density at radius 3 is 2.40 bits per heavy atom. The van der Waals surface area contributed by atoms with Gasteiger partial charge in [0.2, 0.25) is 0 Å². The summed E-state index contributed by atoms with van der Waals surface area (Å²) in [5, 5.41) is 15.6. The molecule has 25 heavy (non-hydrogen) atoms. The Morgan fingerprint density at radius 1 is 1.04 bits per heavy atom. The summed E-state index contributed by atoms with van der Waals surface area (Å²) < 4.78 is 5.35. The first-order valence-electron chi connectivity index (χ1n) is 8.46. The number of benzene rings is 2. The standard InChI is InChI=1S/C20H26N2O3/c1-15(18-10-6-7-11-19(18)25-2)13-21-20(24)22-14-17(23)12-16-8-4-3-5-9-16/h3-11,15,17,23H,12-14H2,1-2H3,(H2,21,22,24). The van der Waals surface area contributed by atoms with Crippen LogP contribution in [0.1, 0.15) is 24.0 Å². The highest BCUT2D eigenvalue weighted by Crippen LogP contribution is 2.25. The van der Waals surface area contributed by atoms with Crippen molar-refractivity contribution < 1.29 is 14.6 Å². The van der Waals surface area contributed by atoms with Crippen molar-refractivity contribution in [2.75, 3.05) is 20.2 Å². The molecular formula is C20H26N2O3. The summed E-state index contributed by atoms with van der Waals surface area (Å²) in [5.74, 6) is 0.937. The molecule has 0 saturated heterocycles. The SMILES string of the molecule is COc1ccccc1C(C)CNC(=O)NCC(O)Cc1ccccc1. The van der Waals surface area contributed by atoms with Crippen LogP contribution in [0.25, 0.3) is 0 Å². The molecule has 0 aliphatic carbocycles. The number of carbonyl (C=O) groups is 1. The molecule has 2 aromatic carbocycles. The second-order valence-electron chi connectivity index (χ2n) is 6.08. The second kappa shape index (κ2) is 9.69. The summed E-state index contributed by atoms with van der Waals surface area (Å²) in [6.45, 7) is 2.73. The lowest BCUT2D eigenvalue weighted by molar-refractivity contribution is 0.170. The number of para-hydroxylation sites is 1. The van der Waals surface area contributed by atoms with Crippen molar-refractivity contribution in [2.45, 2.75) is 25.4 Å². The quantitative estimate of drug-likeness (QED) is 0.691. The minimum Gasteiger partial charge on any atom is -0.496 e. The first-order chi connectivity index (χ1) is 12.1. The van der Waals surface area contributed by atoms with E-state index in [2.05, 4.69) is 10.6 Å². The summed E-state index contributed by atoms with van der Waals surface area (Å²) in [7, 11) is 1.64. The Kier molecular flexibility index (Phi) is 7.29. The molecule has 2 aromatic rings. The monoisotopic (exact) mass is 342 g/mol. The van der Waals surface area contributed by atoms with Gasteiger partial charge in [0.25, 0.3) is 0 Å². The van der Waals surface area contributed by atoms with Crippen molar-refractivity contribution in [1.29, 1.82) is 0 Å². The summed E-state index contributed by atoms with van der Waals surface area (Å²) in [4.78, 5) is 11.9. The van der Waals surface area contributed by atoms with Crippen LogP contribution in [0, 0.1) is 0 Å². The molecule has 0 heterocycles. The van der Waals surface area contributed by atoms with E-state index in [0.29, 0.717) is 13.0 Å². The van der Waals surface area contributed by atoms with Gasteiger partial charge in [-0.2, -0.15) is 0 Å². The molecule has 5 heteroatoms. The van der Waals surface area contributed by atoms with Crippen LogP contribution in [-0.4, -0.2) is 37.4 Å². The topological polar surface area (TPSA) is 70.6 Å². The van der Waals surface area contributed by atoms with E-state index in [1.807, 2.05) is 61.5 Å². The molecule has 2 amide bonds. The number of amides is 2. The number of carbonyl (C=O) groups excluding carboxylic acids is 1. The van der Waals surface area contributed by atoms with E-state index in [4.69, 9.17) is 4.74 Å². The average Bonchev–Trinajstić information content (AvgIpc) is 2.65. The maximum absolute atomic E-state index is 11.9. The van der Waals surface area contributed by atoms with Gasteiger partial charge in [-0.25, -0.2) is 4.79 Å². The fourth-order valence-electron chi connectivity index (χ4n) is 2.66. The van der Waals surface area contributed by atoms with Gasteiger partial charge in [-0.1, -0.05) is 55.5 Å². The van der Waals surface area contributed by atoms with Crippen molar-refractivity contribution >= 4 is 6.03 Å². The molecule has 0 aliphatic heterocycles. The molecule has 2 atom stereocenters. The lowest BCUT2D eigenvalue weighted by Crippen LogP contribution is -2.41. The zero-order valence-corrected chi connectivity index (χ0v) is 14.7. The maximum atomic E-state index is 11.9. The third-order valence-corrected chi connectivity index (χ3v) is 4.05. The van der Waals surface area contributed by atoms with E-state index < -0.39 is 6.10 Å². The minimum atomic E-state index is -0.611. The number of rotatable bonds is 8. The van der Waals surface area contributed by atoms with Gasteiger partial charge in [0, 0.05) is 25.4 Å². The fourth-order valence-corrected chi connectivity index (χ4v) is 2.66. The van der Waals surface area contributed by atoms with Gasteiger partial charge in [-0.3, -0.25) is 0 Å². The number of aliphatic hydroxyl groups is 1. The van der Waals surface area contributed by atoms with Crippen molar-refractivity contribution in [2.24, 2.45) is 0 Å². The van der Waals surface area contributed by atoms with Crippen molar-refractivity contribution in [3.05, 3.63) is 65.7 Å². The molecule has 0 aliphatic rings. The van der Waals surface area contributed by atoms with Gasteiger partial charge in [-0.05, 0) is 17.2 Å². The third kappa shape index (κ3) is 6.12.